The molecule has 6 nitrogen and oxygen atoms in total. The first-order valence-electron chi connectivity index (χ1n) is 7.05. The third-order valence-electron chi connectivity index (χ3n) is 4.03. The van der Waals surface area contributed by atoms with Gasteiger partial charge < -0.3 is 15.2 Å². The maximum atomic E-state index is 12.3. The zero-order valence-electron chi connectivity index (χ0n) is 12.3. The molecule has 0 aliphatic carbocycles. The summed E-state index contributed by atoms with van der Waals surface area (Å²) in [5.74, 6) is 0.874. The first-order chi connectivity index (χ1) is 10.1. The Morgan fingerprint density at radius 2 is 2.14 bits per heavy atom. The van der Waals surface area contributed by atoms with Crippen LogP contribution in [0.5, 0.6) is 0 Å². The van der Waals surface area contributed by atoms with Gasteiger partial charge in [0.1, 0.15) is 6.33 Å². The van der Waals surface area contributed by atoms with Crippen LogP contribution in [-0.2, 0) is 11.8 Å². The molecule has 6 heteroatoms. The number of nitrogens with one attached hydrogen (secondary N) is 2. The van der Waals surface area contributed by atoms with Crippen molar-refractivity contribution >= 4 is 11.6 Å². The summed E-state index contributed by atoms with van der Waals surface area (Å²) < 4.78 is 1.86. The third-order valence-corrected chi connectivity index (χ3v) is 4.03. The second-order valence-corrected chi connectivity index (χ2v) is 5.78. The van der Waals surface area contributed by atoms with Gasteiger partial charge in [-0.2, -0.15) is 0 Å². The van der Waals surface area contributed by atoms with Crippen LogP contribution in [0.15, 0.2) is 30.6 Å². The van der Waals surface area contributed by atoms with E-state index in [4.69, 9.17) is 0 Å². The molecule has 0 bridgehead atoms. The lowest BCUT2D eigenvalue weighted by molar-refractivity contribution is -0.123. The predicted molar refractivity (Wildman–Crippen MR) is 80.7 cm³/mol. The summed E-state index contributed by atoms with van der Waals surface area (Å²) in [6.45, 7) is 3.63. The Morgan fingerprint density at radius 1 is 1.38 bits per heavy atom. The van der Waals surface area contributed by atoms with Gasteiger partial charge in [0.2, 0.25) is 5.91 Å². The Morgan fingerprint density at radius 3 is 2.71 bits per heavy atom. The van der Waals surface area contributed by atoms with E-state index in [0.29, 0.717) is 0 Å². The van der Waals surface area contributed by atoms with Crippen LogP contribution < -0.4 is 10.6 Å². The quantitative estimate of drug-likeness (QED) is 0.894. The smallest absolute Gasteiger partial charge is 0.231 e. The van der Waals surface area contributed by atoms with Crippen LogP contribution in [0.1, 0.15) is 13.3 Å². The standard InChI is InChI=1S/C15H19N5O/c1-15(7-8-16-9-15)14(21)18-12-5-3-11(4-6-12)13-19-17-10-20(13)2/h3-6,10,16H,7-9H2,1-2H3,(H,18,21). The molecule has 1 saturated heterocycles. The van der Waals surface area contributed by atoms with Crippen LogP contribution in [-0.4, -0.2) is 33.8 Å². The van der Waals surface area contributed by atoms with E-state index < -0.39 is 0 Å². The van der Waals surface area contributed by atoms with E-state index in [9.17, 15) is 4.79 Å². The van der Waals surface area contributed by atoms with Gasteiger partial charge in [0.25, 0.3) is 0 Å². The number of nitrogens with zero attached hydrogens (tertiary/aromatic N) is 3. The zero-order valence-corrected chi connectivity index (χ0v) is 12.3. The van der Waals surface area contributed by atoms with Crippen molar-refractivity contribution in [3.8, 4) is 11.4 Å². The van der Waals surface area contributed by atoms with Gasteiger partial charge in [-0.15, -0.1) is 10.2 Å². The molecule has 2 aromatic rings. The molecule has 1 aromatic carbocycles. The molecule has 1 unspecified atom stereocenters. The van der Waals surface area contributed by atoms with E-state index >= 15 is 0 Å². The van der Waals surface area contributed by atoms with Gasteiger partial charge >= 0.3 is 0 Å². The van der Waals surface area contributed by atoms with Gasteiger partial charge in [-0.3, -0.25) is 4.79 Å². The average molecular weight is 285 g/mol. The second-order valence-electron chi connectivity index (χ2n) is 5.78. The lowest BCUT2D eigenvalue weighted by atomic mass is 9.89. The van der Waals surface area contributed by atoms with E-state index in [1.807, 2.05) is 42.8 Å². The normalized spacial score (nSPS) is 21.4. The number of aryl methyl sites for hydroxylation is 1. The van der Waals surface area contributed by atoms with Crippen molar-refractivity contribution in [2.24, 2.45) is 12.5 Å². The van der Waals surface area contributed by atoms with E-state index in [-0.39, 0.29) is 11.3 Å². The molecule has 1 fully saturated rings. The monoisotopic (exact) mass is 285 g/mol. The third kappa shape index (κ3) is 2.67. The first-order valence-corrected chi connectivity index (χ1v) is 7.05. The summed E-state index contributed by atoms with van der Waals surface area (Å²) in [6, 6.07) is 7.67. The van der Waals surface area contributed by atoms with Crippen molar-refractivity contribution in [2.45, 2.75) is 13.3 Å². The molecule has 1 aliphatic heterocycles. The van der Waals surface area contributed by atoms with E-state index in [1.165, 1.54) is 0 Å². The van der Waals surface area contributed by atoms with Gasteiger partial charge in [0.15, 0.2) is 5.82 Å². The fraction of sp³-hybridized carbons (Fsp3) is 0.400. The van der Waals surface area contributed by atoms with Crippen molar-refractivity contribution in [2.75, 3.05) is 18.4 Å². The van der Waals surface area contributed by atoms with Crippen molar-refractivity contribution in [3.63, 3.8) is 0 Å². The SMILES string of the molecule is Cn1cnnc1-c1ccc(NC(=O)C2(C)CCNC2)cc1. The zero-order chi connectivity index (χ0) is 14.9. The molecular weight excluding hydrogens is 266 g/mol. The Bertz CT molecular complexity index is 640. The Labute approximate surface area is 123 Å². The van der Waals surface area contributed by atoms with Crippen molar-refractivity contribution < 1.29 is 4.79 Å². The van der Waals surface area contributed by atoms with Gasteiger partial charge in [0.05, 0.1) is 5.41 Å². The number of carbonyl (C=O) groups is 1. The summed E-state index contributed by atoms with van der Waals surface area (Å²) in [7, 11) is 1.90. The van der Waals surface area contributed by atoms with Crippen LogP contribution in [0.25, 0.3) is 11.4 Å². The number of benzene rings is 1. The number of hydrogen-bond donors (Lipinski definition) is 2. The highest BCUT2D eigenvalue weighted by Gasteiger charge is 2.36. The Kier molecular flexibility index (Phi) is 3.47. The first kappa shape index (κ1) is 13.8. The van der Waals surface area contributed by atoms with Gasteiger partial charge in [-0.05, 0) is 44.2 Å². The Balaban J connectivity index is 1.73. The molecule has 2 N–H and O–H groups in total. The maximum absolute atomic E-state index is 12.3. The largest absolute Gasteiger partial charge is 0.326 e. The molecule has 1 atom stereocenters. The second kappa shape index (κ2) is 5.29. The summed E-state index contributed by atoms with van der Waals surface area (Å²) in [6.07, 6.45) is 2.54. The number of hydrogen-bond acceptors (Lipinski definition) is 4. The molecule has 1 amide bonds. The van der Waals surface area contributed by atoms with Crippen LogP contribution in [0.4, 0.5) is 5.69 Å². The van der Waals surface area contributed by atoms with Gasteiger partial charge in [-0.25, -0.2) is 0 Å². The van der Waals surface area contributed by atoms with Crippen LogP contribution >= 0.6 is 0 Å². The highest BCUT2D eigenvalue weighted by atomic mass is 16.2. The molecular formula is C15H19N5O. The number of amides is 1. The summed E-state index contributed by atoms with van der Waals surface area (Å²) >= 11 is 0. The van der Waals surface area contributed by atoms with Gasteiger partial charge in [0, 0.05) is 24.8 Å². The number of anilines is 1. The van der Waals surface area contributed by atoms with Gasteiger partial charge in [-0.1, -0.05) is 0 Å². The molecule has 21 heavy (non-hydrogen) atoms. The molecule has 1 aliphatic rings. The molecule has 110 valence electrons. The van der Waals surface area contributed by atoms with Crippen LogP contribution in [0.2, 0.25) is 0 Å². The highest BCUT2D eigenvalue weighted by Crippen LogP contribution is 2.27. The number of aromatic nitrogens is 3. The molecule has 2 heterocycles. The minimum Gasteiger partial charge on any atom is -0.326 e. The van der Waals surface area contributed by atoms with Crippen molar-refractivity contribution in [1.29, 1.82) is 0 Å². The summed E-state index contributed by atoms with van der Waals surface area (Å²) in [5.41, 5.74) is 1.46. The van der Waals surface area contributed by atoms with Crippen molar-refractivity contribution in [1.82, 2.24) is 20.1 Å². The van der Waals surface area contributed by atoms with Crippen LogP contribution in [0.3, 0.4) is 0 Å². The van der Waals surface area contributed by atoms with Crippen molar-refractivity contribution in [3.05, 3.63) is 30.6 Å². The van der Waals surface area contributed by atoms with E-state index in [1.54, 1.807) is 6.33 Å². The average Bonchev–Trinajstić information content (AvgIpc) is 3.09. The fourth-order valence-electron chi connectivity index (χ4n) is 2.54. The lowest BCUT2D eigenvalue weighted by Crippen LogP contribution is -2.35. The minimum absolute atomic E-state index is 0.0684. The topological polar surface area (TPSA) is 71.8 Å². The molecule has 0 radical (unpaired) electrons. The highest BCUT2D eigenvalue weighted by molar-refractivity contribution is 5.95. The molecule has 0 spiro atoms. The fourth-order valence-corrected chi connectivity index (χ4v) is 2.54. The lowest BCUT2D eigenvalue weighted by Gasteiger charge is -2.21. The molecule has 1 aromatic heterocycles. The maximum Gasteiger partial charge on any atom is 0.231 e. The number of carbonyl (C=O) groups excluding carboxylic acids is 1. The summed E-state index contributed by atoms with van der Waals surface area (Å²) in [5, 5.41) is 14.2. The Hall–Kier alpha value is -2.21. The molecule has 3 rings (SSSR count). The minimum atomic E-state index is -0.317. The van der Waals surface area contributed by atoms with Crippen LogP contribution in [0, 0.1) is 5.41 Å². The number of rotatable bonds is 3. The molecule has 0 saturated carbocycles. The van der Waals surface area contributed by atoms with E-state index in [2.05, 4.69) is 20.8 Å². The summed E-state index contributed by atoms with van der Waals surface area (Å²) in [4.78, 5) is 12.3. The van der Waals surface area contributed by atoms with E-state index in [0.717, 1.165) is 36.6 Å². The predicted octanol–water partition coefficient (Wildman–Crippen LogP) is 1.42.